The van der Waals surface area contributed by atoms with E-state index in [4.69, 9.17) is 4.74 Å². The molecule has 2 rings (SSSR count). The highest BCUT2D eigenvalue weighted by atomic mass is 32.2. The number of nitrogens with one attached hydrogen (secondary N) is 1. The lowest BCUT2D eigenvalue weighted by Gasteiger charge is -2.22. The second kappa shape index (κ2) is 5.65. The molecule has 100 valence electrons. The molecule has 0 aromatic carbocycles. The molecule has 0 amide bonds. The third kappa shape index (κ3) is 3.64. The Balaban J connectivity index is 1.84. The van der Waals surface area contributed by atoms with Gasteiger partial charge in [-0.15, -0.1) is 0 Å². The summed E-state index contributed by atoms with van der Waals surface area (Å²) in [5.74, 6) is 0.135. The zero-order valence-corrected chi connectivity index (χ0v) is 11.2. The van der Waals surface area contributed by atoms with Crippen LogP contribution in [0.15, 0.2) is 0 Å². The van der Waals surface area contributed by atoms with E-state index < -0.39 is 10.0 Å². The van der Waals surface area contributed by atoms with Gasteiger partial charge in [-0.3, -0.25) is 0 Å². The Morgan fingerprint density at radius 2 is 2.18 bits per heavy atom. The lowest BCUT2D eigenvalue weighted by atomic mass is 10.2. The van der Waals surface area contributed by atoms with Gasteiger partial charge >= 0.3 is 0 Å². The first-order valence-electron chi connectivity index (χ1n) is 6.37. The summed E-state index contributed by atoms with van der Waals surface area (Å²) in [6.07, 6.45) is 3.96. The Labute approximate surface area is 104 Å². The van der Waals surface area contributed by atoms with E-state index in [0.29, 0.717) is 19.2 Å². The molecule has 2 heterocycles. The molecule has 0 spiro atoms. The molecule has 2 atom stereocenters. The van der Waals surface area contributed by atoms with Crippen molar-refractivity contribution in [2.24, 2.45) is 0 Å². The van der Waals surface area contributed by atoms with Crippen LogP contribution in [0.4, 0.5) is 0 Å². The Bertz CT molecular complexity index is 333. The van der Waals surface area contributed by atoms with Crippen LogP contribution in [0, 0.1) is 0 Å². The van der Waals surface area contributed by atoms with Crippen molar-refractivity contribution in [3.8, 4) is 0 Å². The van der Waals surface area contributed by atoms with Gasteiger partial charge in [-0.25, -0.2) is 12.7 Å². The molecular formula is C11H22N2O3S. The molecule has 0 aromatic rings. The summed E-state index contributed by atoms with van der Waals surface area (Å²) in [5.41, 5.74) is 0. The van der Waals surface area contributed by atoms with Gasteiger partial charge in [-0.2, -0.15) is 0 Å². The Kier molecular flexibility index (Phi) is 4.41. The number of hydrogen-bond donors (Lipinski definition) is 1. The summed E-state index contributed by atoms with van der Waals surface area (Å²) in [6, 6.07) is 0.319. The Morgan fingerprint density at radius 3 is 2.76 bits per heavy atom. The Hall–Kier alpha value is -0.170. The van der Waals surface area contributed by atoms with Crippen LogP contribution in [0.2, 0.25) is 0 Å². The van der Waals surface area contributed by atoms with E-state index in [2.05, 4.69) is 5.32 Å². The van der Waals surface area contributed by atoms with Crippen molar-refractivity contribution in [2.75, 3.05) is 32.5 Å². The van der Waals surface area contributed by atoms with Crippen LogP contribution >= 0.6 is 0 Å². The first-order valence-corrected chi connectivity index (χ1v) is 7.98. The molecule has 17 heavy (non-hydrogen) atoms. The first-order chi connectivity index (χ1) is 8.08. The monoisotopic (exact) mass is 262 g/mol. The highest BCUT2D eigenvalue weighted by molar-refractivity contribution is 7.89. The van der Waals surface area contributed by atoms with Crippen LogP contribution in [-0.4, -0.2) is 57.4 Å². The molecule has 5 nitrogen and oxygen atoms in total. The average Bonchev–Trinajstić information content (AvgIpc) is 2.90. The van der Waals surface area contributed by atoms with E-state index in [-0.39, 0.29) is 11.9 Å². The highest BCUT2D eigenvalue weighted by Crippen LogP contribution is 2.16. The summed E-state index contributed by atoms with van der Waals surface area (Å²) < 4.78 is 31.1. The molecule has 0 aromatic heterocycles. The van der Waals surface area contributed by atoms with E-state index in [1.54, 1.807) is 7.05 Å². The number of sulfonamides is 1. The van der Waals surface area contributed by atoms with Crippen molar-refractivity contribution in [1.82, 2.24) is 9.62 Å². The van der Waals surface area contributed by atoms with Crippen LogP contribution in [-0.2, 0) is 14.8 Å². The van der Waals surface area contributed by atoms with Gasteiger partial charge in [0.05, 0.1) is 11.9 Å². The molecule has 2 fully saturated rings. The predicted molar refractivity (Wildman–Crippen MR) is 66.4 cm³/mol. The van der Waals surface area contributed by atoms with Gasteiger partial charge in [0.1, 0.15) is 0 Å². The molecule has 2 aliphatic rings. The number of rotatable bonds is 5. The number of likely N-dealkylation sites (N-methyl/N-ethyl adjacent to an activating group) is 1. The minimum atomic E-state index is -3.16. The summed E-state index contributed by atoms with van der Waals surface area (Å²) in [4.78, 5) is 0. The Morgan fingerprint density at radius 1 is 1.35 bits per heavy atom. The zero-order valence-electron chi connectivity index (χ0n) is 10.4. The molecule has 0 saturated carbocycles. The van der Waals surface area contributed by atoms with E-state index in [1.165, 1.54) is 4.31 Å². The van der Waals surface area contributed by atoms with E-state index in [9.17, 15) is 8.42 Å². The summed E-state index contributed by atoms with van der Waals surface area (Å²) >= 11 is 0. The predicted octanol–water partition coefficient (Wildman–Crippen LogP) is 0.179. The largest absolute Gasteiger partial charge is 0.377 e. The smallest absolute Gasteiger partial charge is 0.216 e. The number of hydrogen-bond acceptors (Lipinski definition) is 4. The molecule has 0 bridgehead atoms. The topological polar surface area (TPSA) is 58.6 Å². The highest BCUT2D eigenvalue weighted by Gasteiger charge is 2.28. The van der Waals surface area contributed by atoms with Crippen molar-refractivity contribution in [1.29, 1.82) is 0 Å². The summed E-state index contributed by atoms with van der Waals surface area (Å²) in [6.45, 7) is 2.29. The van der Waals surface area contributed by atoms with Crippen molar-refractivity contribution >= 4 is 10.0 Å². The number of nitrogens with zero attached hydrogens (tertiary/aromatic N) is 1. The number of ether oxygens (including phenoxy) is 1. The van der Waals surface area contributed by atoms with Gasteiger partial charge in [0.2, 0.25) is 10.0 Å². The first kappa shape index (κ1) is 13.3. The average molecular weight is 262 g/mol. The molecule has 2 unspecified atom stereocenters. The second-order valence-corrected chi connectivity index (χ2v) is 7.11. The van der Waals surface area contributed by atoms with Gasteiger partial charge in [0.15, 0.2) is 0 Å². The molecular weight excluding hydrogens is 240 g/mol. The van der Waals surface area contributed by atoms with Gasteiger partial charge in [-0.1, -0.05) is 0 Å². The second-order valence-electron chi connectivity index (χ2n) is 4.99. The normalized spacial score (nSPS) is 30.2. The van der Waals surface area contributed by atoms with Crippen LogP contribution in [0.1, 0.15) is 25.7 Å². The minimum absolute atomic E-state index is 0.0982. The molecule has 0 aliphatic carbocycles. The van der Waals surface area contributed by atoms with Gasteiger partial charge < -0.3 is 10.1 Å². The van der Waals surface area contributed by atoms with Crippen molar-refractivity contribution in [3.63, 3.8) is 0 Å². The van der Waals surface area contributed by atoms with Crippen LogP contribution in [0.25, 0.3) is 0 Å². The van der Waals surface area contributed by atoms with Gasteiger partial charge in [0.25, 0.3) is 0 Å². The minimum Gasteiger partial charge on any atom is -0.377 e. The fraction of sp³-hybridized carbons (Fsp3) is 1.00. The third-order valence-electron chi connectivity index (χ3n) is 3.54. The third-order valence-corrected chi connectivity index (χ3v) is 5.43. The molecule has 2 aliphatic heterocycles. The lowest BCUT2D eigenvalue weighted by Crippen LogP contribution is -2.41. The maximum atomic E-state index is 12.1. The van der Waals surface area contributed by atoms with Crippen LogP contribution < -0.4 is 5.32 Å². The molecule has 1 N–H and O–H groups in total. The van der Waals surface area contributed by atoms with Gasteiger partial charge in [0, 0.05) is 26.2 Å². The lowest BCUT2D eigenvalue weighted by molar-refractivity contribution is 0.126. The van der Waals surface area contributed by atoms with Crippen LogP contribution in [0.5, 0.6) is 0 Å². The zero-order chi connectivity index (χ0) is 12.3. The SMILES string of the molecule is CN(CC1CCCN1)S(=O)(=O)CC1CCCO1. The maximum absolute atomic E-state index is 12.1. The van der Waals surface area contributed by atoms with Crippen molar-refractivity contribution in [3.05, 3.63) is 0 Å². The summed E-state index contributed by atoms with van der Waals surface area (Å²) in [5, 5.41) is 3.32. The van der Waals surface area contributed by atoms with E-state index in [1.807, 2.05) is 0 Å². The van der Waals surface area contributed by atoms with E-state index in [0.717, 1.165) is 32.2 Å². The fourth-order valence-electron chi connectivity index (χ4n) is 2.47. The van der Waals surface area contributed by atoms with Gasteiger partial charge in [-0.05, 0) is 32.2 Å². The quantitative estimate of drug-likeness (QED) is 0.768. The van der Waals surface area contributed by atoms with Crippen molar-refractivity contribution < 1.29 is 13.2 Å². The molecule has 2 saturated heterocycles. The van der Waals surface area contributed by atoms with Crippen molar-refractivity contribution in [2.45, 2.75) is 37.8 Å². The maximum Gasteiger partial charge on any atom is 0.216 e. The van der Waals surface area contributed by atoms with E-state index >= 15 is 0 Å². The summed E-state index contributed by atoms with van der Waals surface area (Å²) in [7, 11) is -1.49. The standard InChI is InChI=1S/C11H22N2O3S/c1-13(8-10-4-2-6-12-10)17(14,15)9-11-5-3-7-16-11/h10-12H,2-9H2,1H3. The fourth-order valence-corrected chi connectivity index (χ4v) is 3.87. The molecule has 0 radical (unpaired) electrons. The van der Waals surface area contributed by atoms with Crippen LogP contribution in [0.3, 0.4) is 0 Å². The molecule has 6 heteroatoms.